The minimum Gasteiger partial charge on any atom is -0.457 e. The van der Waals surface area contributed by atoms with Gasteiger partial charge in [-0.15, -0.1) is 11.8 Å². The van der Waals surface area contributed by atoms with Crippen molar-refractivity contribution in [2.45, 2.75) is 55.1 Å². The SMILES string of the molecule is O=C(OCC(=O)C12CC3CC(CC(C3)C1)C2)C1Cc2ccccc2S1. The van der Waals surface area contributed by atoms with E-state index in [4.69, 9.17) is 4.74 Å². The Balaban J connectivity index is 1.21. The molecule has 0 radical (unpaired) electrons. The number of hydrogen-bond acceptors (Lipinski definition) is 4. The third kappa shape index (κ3) is 2.73. The van der Waals surface area contributed by atoms with Crippen LogP contribution in [0, 0.1) is 23.2 Å². The van der Waals surface area contributed by atoms with Crippen LogP contribution in [0.4, 0.5) is 0 Å². The van der Waals surface area contributed by atoms with Crippen molar-refractivity contribution in [1.82, 2.24) is 0 Å². The van der Waals surface area contributed by atoms with Gasteiger partial charge in [0.05, 0.1) is 0 Å². The lowest BCUT2D eigenvalue weighted by atomic mass is 9.48. The second-order valence-corrected chi connectivity index (χ2v) is 9.89. The molecular weight excluding hydrogens is 332 g/mol. The van der Waals surface area contributed by atoms with Crippen molar-refractivity contribution in [2.24, 2.45) is 23.2 Å². The van der Waals surface area contributed by atoms with E-state index in [2.05, 4.69) is 6.07 Å². The summed E-state index contributed by atoms with van der Waals surface area (Å²) in [5.41, 5.74) is 1.04. The standard InChI is InChI=1S/C21H24O3S/c22-19(21-9-13-5-14(10-21)7-15(6-13)11-21)12-24-20(23)18-8-16-3-1-2-4-17(16)25-18/h1-4,13-15,18H,5-12H2. The van der Waals surface area contributed by atoms with Crippen LogP contribution >= 0.6 is 11.8 Å². The zero-order valence-electron chi connectivity index (χ0n) is 14.4. The molecule has 4 bridgehead atoms. The molecule has 0 spiro atoms. The van der Waals surface area contributed by atoms with Gasteiger partial charge in [-0.25, -0.2) is 0 Å². The highest BCUT2D eigenvalue weighted by atomic mass is 32.2. The van der Waals surface area contributed by atoms with E-state index >= 15 is 0 Å². The molecule has 0 saturated heterocycles. The highest BCUT2D eigenvalue weighted by Crippen LogP contribution is 2.60. The lowest BCUT2D eigenvalue weighted by molar-refractivity contribution is -0.157. The van der Waals surface area contributed by atoms with Crippen molar-refractivity contribution in [3.63, 3.8) is 0 Å². The van der Waals surface area contributed by atoms with E-state index in [1.165, 1.54) is 24.8 Å². The van der Waals surface area contributed by atoms with Gasteiger partial charge < -0.3 is 4.74 Å². The van der Waals surface area contributed by atoms with E-state index in [0.29, 0.717) is 6.42 Å². The minimum absolute atomic E-state index is 0.0155. The van der Waals surface area contributed by atoms with Gasteiger partial charge in [0.2, 0.25) is 0 Å². The first-order valence-electron chi connectivity index (χ1n) is 9.56. The van der Waals surface area contributed by atoms with Crippen LogP contribution in [0.1, 0.15) is 44.1 Å². The predicted molar refractivity (Wildman–Crippen MR) is 96.4 cm³/mol. The fourth-order valence-corrected chi connectivity index (χ4v) is 7.34. The van der Waals surface area contributed by atoms with Gasteiger partial charge in [0.15, 0.2) is 12.4 Å². The molecule has 4 heteroatoms. The van der Waals surface area contributed by atoms with E-state index in [9.17, 15) is 9.59 Å². The third-order valence-corrected chi connectivity index (χ3v) is 8.18. The van der Waals surface area contributed by atoms with E-state index in [-0.39, 0.29) is 29.0 Å². The molecule has 0 amide bonds. The molecule has 5 aliphatic rings. The van der Waals surface area contributed by atoms with Crippen molar-refractivity contribution in [3.8, 4) is 0 Å². The number of ether oxygens (including phenoxy) is 1. The lowest BCUT2D eigenvalue weighted by Crippen LogP contribution is -2.51. The molecule has 1 unspecified atom stereocenters. The molecule has 25 heavy (non-hydrogen) atoms. The average molecular weight is 356 g/mol. The van der Waals surface area contributed by atoms with Gasteiger partial charge in [-0.1, -0.05) is 18.2 Å². The maximum atomic E-state index is 13.0. The van der Waals surface area contributed by atoms with Crippen LogP contribution in [0.25, 0.3) is 0 Å². The highest BCUT2D eigenvalue weighted by molar-refractivity contribution is 8.01. The third-order valence-electron chi connectivity index (χ3n) is 6.89. The van der Waals surface area contributed by atoms with Gasteiger partial charge in [-0.05, 0) is 74.3 Å². The van der Waals surface area contributed by atoms with Crippen LogP contribution in [0.3, 0.4) is 0 Å². The number of benzene rings is 1. The lowest BCUT2D eigenvalue weighted by Gasteiger charge is -2.55. The van der Waals surface area contributed by atoms with Gasteiger partial charge in [0.1, 0.15) is 5.25 Å². The number of Topliss-reactive ketones (excluding diaryl/α,β-unsaturated/α-hetero) is 1. The van der Waals surface area contributed by atoms with Crippen LogP contribution in [-0.2, 0) is 20.7 Å². The Morgan fingerprint density at radius 2 is 1.68 bits per heavy atom. The molecule has 1 aliphatic heterocycles. The number of esters is 1. The molecule has 6 rings (SSSR count). The van der Waals surface area contributed by atoms with Gasteiger partial charge in [0, 0.05) is 10.3 Å². The summed E-state index contributed by atoms with van der Waals surface area (Å²) in [6.07, 6.45) is 7.80. The monoisotopic (exact) mass is 356 g/mol. The zero-order valence-corrected chi connectivity index (χ0v) is 15.2. The quantitative estimate of drug-likeness (QED) is 0.764. The van der Waals surface area contributed by atoms with Crippen molar-refractivity contribution >= 4 is 23.5 Å². The summed E-state index contributed by atoms with van der Waals surface area (Å²) in [7, 11) is 0. The number of carbonyl (C=O) groups excluding carboxylic acids is 2. The largest absolute Gasteiger partial charge is 0.457 e. The molecule has 1 heterocycles. The first-order chi connectivity index (χ1) is 12.1. The summed E-state index contributed by atoms with van der Waals surface area (Å²) in [5, 5.41) is -0.193. The van der Waals surface area contributed by atoms with Crippen LogP contribution < -0.4 is 0 Å². The number of carbonyl (C=O) groups is 2. The first-order valence-corrected chi connectivity index (χ1v) is 10.4. The van der Waals surface area contributed by atoms with Crippen LogP contribution in [0.5, 0.6) is 0 Å². The smallest absolute Gasteiger partial charge is 0.320 e. The van der Waals surface area contributed by atoms with Crippen molar-refractivity contribution in [2.75, 3.05) is 6.61 Å². The fraction of sp³-hybridized carbons (Fsp3) is 0.619. The van der Waals surface area contributed by atoms with Crippen LogP contribution in [0.15, 0.2) is 29.2 Å². The summed E-state index contributed by atoms with van der Waals surface area (Å²) in [6, 6.07) is 8.11. The average Bonchev–Trinajstić information content (AvgIpc) is 3.02. The molecule has 1 aromatic rings. The summed E-state index contributed by atoms with van der Waals surface area (Å²) in [5.74, 6) is 2.20. The predicted octanol–water partition coefficient (Wildman–Crippen LogP) is 4.03. The Bertz CT molecular complexity index is 665. The maximum absolute atomic E-state index is 13.0. The molecule has 0 N–H and O–H groups in total. The number of rotatable bonds is 4. The zero-order chi connectivity index (χ0) is 17.0. The molecule has 1 atom stereocenters. The topological polar surface area (TPSA) is 43.4 Å². The van der Waals surface area contributed by atoms with E-state index < -0.39 is 0 Å². The van der Waals surface area contributed by atoms with Gasteiger partial charge in [-0.2, -0.15) is 0 Å². The molecule has 4 aliphatic carbocycles. The van der Waals surface area contributed by atoms with Gasteiger partial charge >= 0.3 is 5.97 Å². The number of hydrogen-bond donors (Lipinski definition) is 0. The first kappa shape index (κ1) is 15.9. The van der Waals surface area contributed by atoms with Crippen LogP contribution in [-0.4, -0.2) is 23.6 Å². The van der Waals surface area contributed by atoms with Crippen molar-refractivity contribution in [3.05, 3.63) is 29.8 Å². The summed E-state index contributed by atoms with van der Waals surface area (Å²) >= 11 is 1.57. The Morgan fingerprint density at radius 1 is 1.04 bits per heavy atom. The van der Waals surface area contributed by atoms with Gasteiger partial charge in [-0.3, -0.25) is 9.59 Å². The molecule has 3 nitrogen and oxygen atoms in total. The van der Waals surface area contributed by atoms with Gasteiger partial charge in [0.25, 0.3) is 0 Å². The Hall–Kier alpha value is -1.29. The Labute approximate surface area is 152 Å². The second kappa shape index (κ2) is 5.87. The minimum atomic E-state index is -0.223. The second-order valence-electron chi connectivity index (χ2n) is 8.65. The van der Waals surface area contributed by atoms with E-state index in [1.807, 2.05) is 18.2 Å². The fourth-order valence-electron chi connectivity index (χ4n) is 6.15. The molecule has 4 fully saturated rings. The molecule has 132 valence electrons. The highest BCUT2D eigenvalue weighted by Gasteiger charge is 2.54. The molecule has 4 saturated carbocycles. The van der Waals surface area contributed by atoms with E-state index in [0.717, 1.165) is 41.9 Å². The Morgan fingerprint density at radius 3 is 2.32 bits per heavy atom. The Kier molecular flexibility index (Phi) is 3.74. The van der Waals surface area contributed by atoms with E-state index in [1.54, 1.807) is 11.8 Å². The number of fused-ring (bicyclic) bond motifs is 1. The normalized spacial score (nSPS) is 37.8. The summed E-state index contributed by atoms with van der Waals surface area (Å²) < 4.78 is 5.50. The molecule has 1 aromatic carbocycles. The van der Waals surface area contributed by atoms with Crippen LogP contribution in [0.2, 0.25) is 0 Å². The van der Waals surface area contributed by atoms with Crippen molar-refractivity contribution in [1.29, 1.82) is 0 Å². The maximum Gasteiger partial charge on any atom is 0.320 e. The van der Waals surface area contributed by atoms with Crippen molar-refractivity contribution < 1.29 is 14.3 Å². The number of ketones is 1. The number of thioether (sulfide) groups is 1. The molecule has 0 aromatic heterocycles. The summed E-state index contributed by atoms with van der Waals surface area (Å²) in [6.45, 7) is -0.0155. The summed E-state index contributed by atoms with van der Waals surface area (Å²) in [4.78, 5) is 26.6. The molecular formula is C21H24O3S.